The summed E-state index contributed by atoms with van der Waals surface area (Å²) in [5.41, 5.74) is 0.635. The average Bonchev–Trinajstić information content (AvgIpc) is 2.30. The molecule has 1 atom stereocenters. The van der Waals surface area contributed by atoms with Crippen LogP contribution in [-0.4, -0.2) is 27.3 Å². The van der Waals surface area contributed by atoms with E-state index in [1.54, 1.807) is 12.1 Å². The third-order valence-electron chi connectivity index (χ3n) is 2.90. The molecule has 1 unspecified atom stereocenters. The van der Waals surface area contributed by atoms with Gasteiger partial charge in [0.05, 0.1) is 5.75 Å². The molecule has 0 aromatic heterocycles. The maximum atomic E-state index is 11.9. The molecular formula is C12H18N2O2S. The Bertz CT molecular complexity index is 439. The molecule has 0 bridgehead atoms. The number of nitrogens with one attached hydrogen (secondary N) is 2. The van der Waals surface area contributed by atoms with Crippen LogP contribution in [0.15, 0.2) is 30.3 Å². The molecule has 0 spiro atoms. The first-order valence-corrected chi connectivity index (χ1v) is 7.57. The predicted molar refractivity (Wildman–Crippen MR) is 69.4 cm³/mol. The minimum absolute atomic E-state index is 0.203. The summed E-state index contributed by atoms with van der Waals surface area (Å²) in [5.74, 6) is 0.430. The van der Waals surface area contributed by atoms with Crippen molar-refractivity contribution in [2.24, 2.45) is 5.92 Å². The van der Waals surface area contributed by atoms with E-state index >= 15 is 0 Å². The maximum absolute atomic E-state index is 11.9. The minimum atomic E-state index is -3.22. The molecule has 2 N–H and O–H groups in total. The molecule has 94 valence electrons. The first-order chi connectivity index (χ1) is 8.16. The summed E-state index contributed by atoms with van der Waals surface area (Å²) in [6.45, 7) is 1.80. The number of hydrogen-bond donors (Lipinski definition) is 2. The zero-order valence-electron chi connectivity index (χ0n) is 9.72. The Kier molecular flexibility index (Phi) is 4.02. The molecule has 0 radical (unpaired) electrons. The highest BCUT2D eigenvalue weighted by molar-refractivity contribution is 7.92. The van der Waals surface area contributed by atoms with E-state index in [0.717, 1.165) is 25.9 Å². The highest BCUT2D eigenvalue weighted by Crippen LogP contribution is 2.15. The van der Waals surface area contributed by atoms with Crippen molar-refractivity contribution in [2.45, 2.75) is 12.8 Å². The van der Waals surface area contributed by atoms with E-state index in [2.05, 4.69) is 10.0 Å². The fourth-order valence-electron chi connectivity index (χ4n) is 2.10. The van der Waals surface area contributed by atoms with Crippen LogP contribution in [0.1, 0.15) is 12.8 Å². The summed E-state index contributed by atoms with van der Waals surface area (Å²) in [7, 11) is -3.22. The lowest BCUT2D eigenvalue weighted by molar-refractivity contribution is 0.404. The van der Waals surface area contributed by atoms with Gasteiger partial charge in [-0.15, -0.1) is 0 Å². The largest absolute Gasteiger partial charge is 0.316 e. The monoisotopic (exact) mass is 254 g/mol. The van der Waals surface area contributed by atoms with Gasteiger partial charge in [0.15, 0.2) is 0 Å². The van der Waals surface area contributed by atoms with Crippen LogP contribution < -0.4 is 10.0 Å². The third-order valence-corrected chi connectivity index (χ3v) is 4.36. The standard InChI is InChI=1S/C12H18N2O2S/c15-17(16,10-11-5-4-8-13-9-11)14-12-6-2-1-3-7-12/h1-3,6-7,11,13-14H,4-5,8-10H2. The van der Waals surface area contributed by atoms with E-state index in [0.29, 0.717) is 5.69 Å². The van der Waals surface area contributed by atoms with Crippen molar-refractivity contribution in [3.63, 3.8) is 0 Å². The summed E-state index contributed by atoms with van der Waals surface area (Å²) >= 11 is 0. The molecule has 1 saturated heterocycles. The summed E-state index contributed by atoms with van der Waals surface area (Å²) in [4.78, 5) is 0. The van der Waals surface area contributed by atoms with Gasteiger partial charge in [-0.25, -0.2) is 8.42 Å². The molecule has 17 heavy (non-hydrogen) atoms. The van der Waals surface area contributed by atoms with Crippen molar-refractivity contribution in [3.05, 3.63) is 30.3 Å². The van der Waals surface area contributed by atoms with Crippen molar-refractivity contribution < 1.29 is 8.42 Å². The Balaban J connectivity index is 1.94. The maximum Gasteiger partial charge on any atom is 0.233 e. The Morgan fingerprint density at radius 3 is 2.71 bits per heavy atom. The van der Waals surface area contributed by atoms with Crippen molar-refractivity contribution in [1.82, 2.24) is 5.32 Å². The lowest BCUT2D eigenvalue weighted by Crippen LogP contribution is -2.35. The second-order valence-corrected chi connectivity index (χ2v) is 6.23. The number of benzene rings is 1. The zero-order chi connectivity index (χ0) is 12.1. The number of para-hydroxylation sites is 1. The van der Waals surface area contributed by atoms with Crippen LogP contribution in [0.5, 0.6) is 0 Å². The van der Waals surface area contributed by atoms with Crippen LogP contribution in [0.4, 0.5) is 5.69 Å². The topological polar surface area (TPSA) is 58.2 Å². The quantitative estimate of drug-likeness (QED) is 0.854. The highest BCUT2D eigenvalue weighted by Gasteiger charge is 2.20. The number of sulfonamides is 1. The van der Waals surface area contributed by atoms with E-state index in [-0.39, 0.29) is 11.7 Å². The first kappa shape index (κ1) is 12.4. The molecule has 1 heterocycles. The minimum Gasteiger partial charge on any atom is -0.316 e. The van der Waals surface area contributed by atoms with Crippen LogP contribution in [0.2, 0.25) is 0 Å². The second kappa shape index (κ2) is 5.51. The molecule has 0 aliphatic carbocycles. The fraction of sp³-hybridized carbons (Fsp3) is 0.500. The second-order valence-electron chi connectivity index (χ2n) is 4.46. The van der Waals surface area contributed by atoms with Crippen molar-refractivity contribution in [1.29, 1.82) is 0 Å². The first-order valence-electron chi connectivity index (χ1n) is 5.92. The van der Waals surface area contributed by atoms with Gasteiger partial charge in [0.2, 0.25) is 10.0 Å². The van der Waals surface area contributed by atoms with Gasteiger partial charge in [-0.1, -0.05) is 18.2 Å². The Morgan fingerprint density at radius 1 is 1.29 bits per heavy atom. The van der Waals surface area contributed by atoms with Gasteiger partial charge < -0.3 is 5.32 Å². The summed E-state index contributed by atoms with van der Waals surface area (Å²) in [6, 6.07) is 9.02. The van der Waals surface area contributed by atoms with Crippen LogP contribution in [0.3, 0.4) is 0 Å². The van der Waals surface area contributed by atoms with Gasteiger partial charge in [-0.3, -0.25) is 4.72 Å². The average molecular weight is 254 g/mol. The summed E-state index contributed by atoms with van der Waals surface area (Å²) < 4.78 is 26.5. The third kappa shape index (κ3) is 4.02. The van der Waals surface area contributed by atoms with Crippen LogP contribution >= 0.6 is 0 Å². The van der Waals surface area contributed by atoms with Crippen LogP contribution in [0.25, 0.3) is 0 Å². The number of anilines is 1. The molecular weight excluding hydrogens is 236 g/mol. The van der Waals surface area contributed by atoms with Crippen molar-refractivity contribution in [2.75, 3.05) is 23.6 Å². The number of rotatable bonds is 4. The van der Waals surface area contributed by atoms with E-state index in [1.807, 2.05) is 18.2 Å². The number of hydrogen-bond acceptors (Lipinski definition) is 3. The van der Waals surface area contributed by atoms with Gasteiger partial charge in [0.1, 0.15) is 0 Å². The van der Waals surface area contributed by atoms with E-state index in [4.69, 9.17) is 0 Å². The molecule has 1 fully saturated rings. The number of piperidine rings is 1. The van der Waals surface area contributed by atoms with Gasteiger partial charge >= 0.3 is 0 Å². The molecule has 1 aliphatic rings. The van der Waals surface area contributed by atoms with E-state index in [9.17, 15) is 8.42 Å². The molecule has 1 aliphatic heterocycles. The zero-order valence-corrected chi connectivity index (χ0v) is 10.5. The molecule has 4 nitrogen and oxygen atoms in total. The molecule has 5 heteroatoms. The fourth-order valence-corrected chi connectivity index (χ4v) is 3.59. The molecule has 1 aromatic carbocycles. The van der Waals surface area contributed by atoms with Crippen molar-refractivity contribution in [3.8, 4) is 0 Å². The van der Waals surface area contributed by atoms with Crippen LogP contribution in [-0.2, 0) is 10.0 Å². The van der Waals surface area contributed by atoms with Gasteiger partial charge in [0, 0.05) is 5.69 Å². The lowest BCUT2D eigenvalue weighted by atomic mass is 10.0. The highest BCUT2D eigenvalue weighted by atomic mass is 32.2. The predicted octanol–water partition coefficient (Wildman–Crippen LogP) is 1.43. The summed E-state index contributed by atoms with van der Waals surface area (Å²) in [6.07, 6.45) is 2.05. The molecule has 1 aromatic rings. The van der Waals surface area contributed by atoms with Gasteiger partial charge in [0.25, 0.3) is 0 Å². The molecule has 2 rings (SSSR count). The summed E-state index contributed by atoms with van der Waals surface area (Å²) in [5, 5.41) is 3.23. The van der Waals surface area contributed by atoms with Crippen LogP contribution in [0, 0.1) is 5.92 Å². The Hall–Kier alpha value is -1.07. The van der Waals surface area contributed by atoms with E-state index in [1.165, 1.54) is 0 Å². The molecule has 0 saturated carbocycles. The SMILES string of the molecule is O=S(=O)(CC1CCCNC1)Nc1ccccc1. The van der Waals surface area contributed by atoms with Crippen molar-refractivity contribution >= 4 is 15.7 Å². The smallest absolute Gasteiger partial charge is 0.233 e. The Labute approximate surface area is 102 Å². The lowest BCUT2D eigenvalue weighted by Gasteiger charge is -2.22. The van der Waals surface area contributed by atoms with E-state index < -0.39 is 10.0 Å². The normalized spacial score (nSPS) is 21.1. The van der Waals surface area contributed by atoms with Gasteiger partial charge in [-0.05, 0) is 44.0 Å². The molecule has 0 amide bonds. The van der Waals surface area contributed by atoms with Gasteiger partial charge in [-0.2, -0.15) is 0 Å². The Morgan fingerprint density at radius 2 is 2.06 bits per heavy atom.